The third-order valence-corrected chi connectivity index (χ3v) is 7.99. The van der Waals surface area contributed by atoms with E-state index < -0.39 is 8.07 Å². The molecule has 0 aliphatic carbocycles. The Labute approximate surface area is 181 Å². The summed E-state index contributed by atoms with van der Waals surface area (Å²) in [6, 6.07) is 20.4. The molecule has 4 rings (SSSR count). The average molecular weight is 416 g/mol. The smallest absolute Gasteiger partial charge is 0.206 e. The van der Waals surface area contributed by atoms with Crippen LogP contribution < -0.4 is 9.75 Å². The fourth-order valence-electron chi connectivity index (χ4n) is 4.04. The quantitative estimate of drug-likeness (QED) is 0.273. The molecule has 0 N–H and O–H groups in total. The molecule has 0 saturated carbocycles. The molecule has 0 spiro atoms. The Morgan fingerprint density at radius 2 is 1.60 bits per heavy atom. The molecule has 3 heteroatoms. The molecule has 3 aromatic carbocycles. The number of hydrogen-bond donors (Lipinski definition) is 0. The first-order chi connectivity index (χ1) is 14.6. The van der Waals surface area contributed by atoms with Crippen LogP contribution in [0.5, 0.6) is 0 Å². The summed E-state index contributed by atoms with van der Waals surface area (Å²) in [6.07, 6.45) is 0. The first-order valence-corrected chi connectivity index (χ1v) is 13.9. The number of rotatable bonds is 3. The zero-order chi connectivity index (χ0) is 22.5. The molecular weight excluding hydrogens is 385 g/mol. The number of fused-ring (bicyclic) bond motifs is 1. The topological polar surface area (TPSA) is 3.88 Å². The van der Waals surface area contributed by atoms with Gasteiger partial charge >= 0.3 is 0 Å². The van der Waals surface area contributed by atoms with E-state index in [1.54, 1.807) is 6.07 Å². The molecule has 0 fully saturated rings. The molecule has 0 unspecified atom stereocenters. The summed E-state index contributed by atoms with van der Waals surface area (Å²) in [7, 11) is 0.487. The van der Waals surface area contributed by atoms with Gasteiger partial charge in [-0.25, -0.2) is 4.39 Å². The maximum absolute atomic E-state index is 14.9. The molecule has 1 nitrogen and oxygen atoms in total. The van der Waals surface area contributed by atoms with E-state index in [1.165, 1.54) is 5.19 Å². The largest absolute Gasteiger partial charge is 0.220 e. The summed E-state index contributed by atoms with van der Waals surface area (Å²) in [5.41, 5.74) is 5.28. The molecule has 4 aromatic rings. The van der Waals surface area contributed by atoms with Gasteiger partial charge in [0.1, 0.15) is 12.9 Å². The van der Waals surface area contributed by atoms with Crippen molar-refractivity contribution in [3.63, 3.8) is 0 Å². The maximum atomic E-state index is 14.9. The highest BCUT2D eigenvalue weighted by Crippen LogP contribution is 2.34. The Morgan fingerprint density at radius 3 is 2.27 bits per heavy atom. The lowest BCUT2D eigenvalue weighted by Crippen LogP contribution is -2.38. The predicted molar refractivity (Wildman–Crippen MR) is 128 cm³/mol. The molecule has 0 amide bonds. The van der Waals surface area contributed by atoms with Crippen LogP contribution >= 0.6 is 0 Å². The van der Waals surface area contributed by atoms with Gasteiger partial charge in [0.05, 0.1) is 20.4 Å². The number of nitrogens with zero attached hydrogens (tertiary/aromatic N) is 1. The van der Waals surface area contributed by atoms with Crippen molar-refractivity contribution in [1.82, 2.24) is 0 Å². The van der Waals surface area contributed by atoms with Crippen molar-refractivity contribution in [2.75, 3.05) is 0 Å². The van der Waals surface area contributed by atoms with Crippen LogP contribution in [-0.4, -0.2) is 8.07 Å². The first kappa shape index (κ1) is 19.2. The van der Waals surface area contributed by atoms with Gasteiger partial charge in [-0.05, 0) is 41.6 Å². The number of hydrogen-bond acceptors (Lipinski definition) is 0. The van der Waals surface area contributed by atoms with Gasteiger partial charge in [-0.3, -0.25) is 0 Å². The molecule has 0 saturated heterocycles. The van der Waals surface area contributed by atoms with Gasteiger partial charge in [-0.15, -0.1) is 0 Å². The summed E-state index contributed by atoms with van der Waals surface area (Å²) < 4.78 is 25.8. The molecule has 0 radical (unpaired) electrons. The zero-order valence-corrected chi connectivity index (χ0v) is 19.6. The molecule has 152 valence electrons. The molecule has 1 aromatic heterocycles. The summed E-state index contributed by atoms with van der Waals surface area (Å²) >= 11 is 0. The van der Waals surface area contributed by atoms with Gasteiger partial charge in [-0.2, -0.15) is 4.57 Å². The lowest BCUT2D eigenvalue weighted by molar-refractivity contribution is -0.665. The van der Waals surface area contributed by atoms with Crippen molar-refractivity contribution in [1.29, 1.82) is 0 Å². The van der Waals surface area contributed by atoms with Gasteiger partial charge in [0, 0.05) is 18.5 Å². The van der Waals surface area contributed by atoms with E-state index in [0.29, 0.717) is 11.6 Å². The predicted octanol–water partition coefficient (Wildman–Crippen LogP) is 6.30. The molecule has 0 aliphatic heterocycles. The Kier molecular flexibility index (Phi) is 4.78. The van der Waals surface area contributed by atoms with E-state index in [4.69, 9.17) is 1.37 Å². The minimum absolute atomic E-state index is 0.214. The van der Waals surface area contributed by atoms with Crippen molar-refractivity contribution in [3.8, 4) is 22.4 Å². The van der Waals surface area contributed by atoms with Crippen molar-refractivity contribution >= 4 is 24.0 Å². The standard InChI is InChI=1S/C27H29FNSi/c1-18-14-26(28)25(20-10-8-7-9-11-20)17-24(18)27-23-13-12-22(30(4,5)6)16-21(23)15-19(2)29(27)3/h7-17H,1-6H3/q+1/i15D. The summed E-state index contributed by atoms with van der Waals surface area (Å²) in [5, 5.41) is 3.35. The van der Waals surface area contributed by atoms with Crippen molar-refractivity contribution in [3.05, 3.63) is 83.8 Å². The van der Waals surface area contributed by atoms with Crippen LogP contribution in [0.4, 0.5) is 4.39 Å². The van der Waals surface area contributed by atoms with Gasteiger partial charge in [0.15, 0.2) is 5.69 Å². The Bertz CT molecular complexity index is 1310. The average Bonchev–Trinajstić information content (AvgIpc) is 2.73. The van der Waals surface area contributed by atoms with Crippen LogP contribution in [0.2, 0.25) is 19.6 Å². The van der Waals surface area contributed by atoms with Gasteiger partial charge < -0.3 is 0 Å². The second-order valence-corrected chi connectivity index (χ2v) is 14.2. The highest BCUT2D eigenvalue weighted by molar-refractivity contribution is 6.88. The number of benzene rings is 3. The summed E-state index contributed by atoms with van der Waals surface area (Å²) in [4.78, 5) is 0. The van der Waals surface area contributed by atoms with Gasteiger partial charge in [0.25, 0.3) is 0 Å². The van der Waals surface area contributed by atoms with E-state index >= 15 is 0 Å². The van der Waals surface area contributed by atoms with Crippen LogP contribution in [0.25, 0.3) is 33.2 Å². The van der Waals surface area contributed by atoms with E-state index in [0.717, 1.165) is 38.9 Å². The first-order valence-electron chi connectivity index (χ1n) is 10.9. The monoisotopic (exact) mass is 415 g/mol. The minimum Gasteiger partial charge on any atom is -0.206 e. The van der Waals surface area contributed by atoms with Crippen LogP contribution in [0.3, 0.4) is 0 Å². The fraction of sp³-hybridized carbons (Fsp3) is 0.222. The van der Waals surface area contributed by atoms with E-state index in [9.17, 15) is 4.39 Å². The lowest BCUT2D eigenvalue weighted by Gasteiger charge is -2.18. The molecule has 0 bridgehead atoms. The second-order valence-electron chi connectivity index (χ2n) is 9.14. The number of pyridine rings is 1. The normalized spacial score (nSPS) is 12.3. The Hall–Kier alpha value is -2.78. The summed E-state index contributed by atoms with van der Waals surface area (Å²) in [6.45, 7) is 10.9. The minimum atomic E-state index is -1.51. The number of aryl methyl sites for hydroxylation is 1. The number of aromatic nitrogens is 1. The van der Waals surface area contributed by atoms with Gasteiger partial charge in [0.2, 0.25) is 5.69 Å². The highest BCUT2D eigenvalue weighted by Gasteiger charge is 2.23. The van der Waals surface area contributed by atoms with E-state index in [-0.39, 0.29) is 5.82 Å². The van der Waals surface area contributed by atoms with Crippen molar-refractivity contribution in [2.45, 2.75) is 33.5 Å². The maximum Gasteiger partial charge on any atom is 0.220 e. The van der Waals surface area contributed by atoms with E-state index in [1.807, 2.05) is 57.3 Å². The molecule has 30 heavy (non-hydrogen) atoms. The van der Waals surface area contributed by atoms with Crippen LogP contribution in [0.1, 0.15) is 12.6 Å². The second kappa shape index (κ2) is 7.48. The third-order valence-electron chi connectivity index (χ3n) is 5.95. The van der Waals surface area contributed by atoms with Crippen molar-refractivity contribution < 1.29 is 10.3 Å². The highest BCUT2D eigenvalue weighted by atomic mass is 28.3. The molecule has 1 heterocycles. The van der Waals surface area contributed by atoms with Crippen molar-refractivity contribution in [2.24, 2.45) is 7.05 Å². The fourth-order valence-corrected chi connectivity index (χ4v) is 5.20. The number of halogens is 1. The van der Waals surface area contributed by atoms with Gasteiger partial charge in [-0.1, -0.05) is 67.3 Å². The Balaban J connectivity index is 2.07. The Morgan fingerprint density at radius 1 is 0.900 bits per heavy atom. The summed E-state index contributed by atoms with van der Waals surface area (Å²) in [5.74, 6) is -0.214. The van der Waals surface area contributed by atoms with Crippen LogP contribution in [0.15, 0.2) is 66.7 Å². The SMILES string of the molecule is [2H]c1c(C)[n+](C)c(-c2cc(-c3ccccc3)c(F)cc2C)c2ccc([Si](C)(C)C)cc12. The molecule has 0 aliphatic rings. The molecular formula is C27H29FNSi+. The van der Waals surface area contributed by atoms with E-state index in [2.05, 4.69) is 42.4 Å². The lowest BCUT2D eigenvalue weighted by atomic mass is 9.94. The van der Waals surface area contributed by atoms with Crippen LogP contribution in [-0.2, 0) is 7.05 Å². The molecule has 0 atom stereocenters. The van der Waals surface area contributed by atoms with Crippen LogP contribution in [0, 0.1) is 19.7 Å². The zero-order valence-electron chi connectivity index (χ0n) is 19.6. The third kappa shape index (κ3) is 3.59.